The molecule has 3 heterocycles. The maximum absolute atomic E-state index is 4.37. The van der Waals surface area contributed by atoms with Crippen molar-refractivity contribution in [2.24, 2.45) is 5.92 Å². The molecular weight excluding hydrogens is 250 g/mol. The number of nitrogens with zero attached hydrogens (tertiary/aromatic N) is 2. The van der Waals surface area contributed by atoms with Crippen LogP contribution in [0, 0.1) is 12.8 Å². The van der Waals surface area contributed by atoms with Crippen molar-refractivity contribution in [2.75, 3.05) is 18.4 Å². The second-order valence-corrected chi connectivity index (χ2v) is 5.15. The van der Waals surface area contributed by atoms with Gasteiger partial charge in [-0.2, -0.15) is 0 Å². The average molecular weight is 269 g/mol. The van der Waals surface area contributed by atoms with Gasteiger partial charge in [-0.05, 0) is 30.2 Å². The summed E-state index contributed by atoms with van der Waals surface area (Å²) >= 11 is 0. The lowest BCUT2D eigenvalue weighted by molar-refractivity contribution is 0.491. The van der Waals surface area contributed by atoms with E-state index in [1.807, 2.05) is 31.5 Å². The fourth-order valence-corrected chi connectivity index (χ4v) is 2.45. The molecule has 0 bridgehead atoms. The first-order valence-corrected chi connectivity index (χ1v) is 6.88. The number of rotatable bonds is 4. The van der Waals surface area contributed by atoms with Crippen LogP contribution in [0.2, 0.25) is 0 Å². The molecule has 0 amide bonds. The molecule has 1 saturated heterocycles. The highest BCUT2D eigenvalue weighted by molar-refractivity contribution is 5.35. The topological polar surface area (TPSA) is 61.9 Å². The van der Waals surface area contributed by atoms with Gasteiger partial charge in [-0.15, -0.1) is 0 Å². The summed E-state index contributed by atoms with van der Waals surface area (Å²) in [6.45, 7) is 3.84. The molecule has 104 valence electrons. The van der Waals surface area contributed by atoms with E-state index in [1.165, 1.54) is 11.1 Å². The van der Waals surface area contributed by atoms with Crippen molar-refractivity contribution in [1.82, 2.24) is 20.8 Å². The van der Waals surface area contributed by atoms with Gasteiger partial charge in [-0.1, -0.05) is 12.1 Å². The van der Waals surface area contributed by atoms with Gasteiger partial charge in [-0.25, -0.2) is 10.4 Å². The molecule has 0 aromatic carbocycles. The number of aryl methyl sites for hydroxylation is 1. The molecule has 2 atom stereocenters. The molecule has 0 aliphatic carbocycles. The Balaban J connectivity index is 1.63. The third-order valence-corrected chi connectivity index (χ3v) is 3.59. The van der Waals surface area contributed by atoms with E-state index in [2.05, 4.69) is 38.3 Å². The number of nitrogens with one attached hydrogen (secondary N) is 3. The van der Waals surface area contributed by atoms with Gasteiger partial charge in [0.15, 0.2) is 0 Å². The van der Waals surface area contributed by atoms with E-state index in [4.69, 9.17) is 0 Å². The van der Waals surface area contributed by atoms with E-state index < -0.39 is 0 Å². The predicted octanol–water partition coefficient (Wildman–Crippen LogP) is 1.66. The number of aromatic nitrogens is 2. The third kappa shape index (κ3) is 2.95. The minimum atomic E-state index is 0.279. The highest BCUT2D eigenvalue weighted by Gasteiger charge is 2.28. The van der Waals surface area contributed by atoms with Gasteiger partial charge in [-0.3, -0.25) is 10.4 Å². The standard InChI is InChI=1S/C15H19N5/c1-11-4-5-14(17-7-11)18-9-13-10-19-20-15(13)12-3-2-6-16-8-12/h2-8,13,15,19-20H,9-10H2,1H3,(H,17,18). The van der Waals surface area contributed by atoms with E-state index >= 15 is 0 Å². The molecule has 1 fully saturated rings. The monoisotopic (exact) mass is 269 g/mol. The molecule has 5 nitrogen and oxygen atoms in total. The second kappa shape index (κ2) is 5.98. The number of hydrazine groups is 1. The molecule has 2 aromatic heterocycles. The zero-order valence-corrected chi connectivity index (χ0v) is 11.5. The second-order valence-electron chi connectivity index (χ2n) is 5.15. The molecule has 1 aliphatic rings. The van der Waals surface area contributed by atoms with Gasteiger partial charge in [0, 0.05) is 37.6 Å². The van der Waals surface area contributed by atoms with Gasteiger partial charge >= 0.3 is 0 Å². The maximum Gasteiger partial charge on any atom is 0.125 e. The summed E-state index contributed by atoms with van der Waals surface area (Å²) in [5.41, 5.74) is 8.93. The summed E-state index contributed by atoms with van der Waals surface area (Å²) in [5.74, 6) is 1.38. The van der Waals surface area contributed by atoms with Crippen molar-refractivity contribution in [3.63, 3.8) is 0 Å². The van der Waals surface area contributed by atoms with Crippen LogP contribution in [0.4, 0.5) is 5.82 Å². The van der Waals surface area contributed by atoms with E-state index in [-0.39, 0.29) is 6.04 Å². The van der Waals surface area contributed by atoms with Crippen LogP contribution < -0.4 is 16.2 Å². The molecule has 2 unspecified atom stereocenters. The molecule has 5 heteroatoms. The number of hydrogen-bond acceptors (Lipinski definition) is 5. The first-order chi connectivity index (χ1) is 9.83. The van der Waals surface area contributed by atoms with Crippen LogP contribution >= 0.6 is 0 Å². The largest absolute Gasteiger partial charge is 0.370 e. The fourth-order valence-electron chi connectivity index (χ4n) is 2.45. The van der Waals surface area contributed by atoms with Crippen LogP contribution in [0.1, 0.15) is 17.2 Å². The van der Waals surface area contributed by atoms with Crippen LogP contribution in [0.15, 0.2) is 42.9 Å². The Morgan fingerprint density at radius 3 is 3.00 bits per heavy atom. The minimum absolute atomic E-state index is 0.279. The quantitative estimate of drug-likeness (QED) is 0.788. The third-order valence-electron chi connectivity index (χ3n) is 3.59. The number of hydrogen-bond donors (Lipinski definition) is 3. The Morgan fingerprint density at radius 1 is 1.30 bits per heavy atom. The van der Waals surface area contributed by atoms with Gasteiger partial charge < -0.3 is 5.32 Å². The molecule has 3 rings (SSSR count). The SMILES string of the molecule is Cc1ccc(NCC2CNNC2c2cccnc2)nc1. The Labute approximate surface area is 118 Å². The molecule has 0 radical (unpaired) electrons. The Bertz CT molecular complexity index is 540. The normalized spacial score (nSPS) is 21.9. The van der Waals surface area contributed by atoms with E-state index in [0.717, 1.165) is 18.9 Å². The van der Waals surface area contributed by atoms with Crippen LogP contribution in [0.3, 0.4) is 0 Å². The van der Waals surface area contributed by atoms with Gasteiger partial charge in [0.05, 0.1) is 6.04 Å². The first kappa shape index (κ1) is 13.0. The summed E-state index contributed by atoms with van der Waals surface area (Å²) in [6.07, 6.45) is 5.60. The summed E-state index contributed by atoms with van der Waals surface area (Å²) in [4.78, 5) is 8.56. The van der Waals surface area contributed by atoms with Gasteiger partial charge in [0.25, 0.3) is 0 Å². The van der Waals surface area contributed by atoms with Crippen molar-refractivity contribution >= 4 is 5.82 Å². The summed E-state index contributed by atoms with van der Waals surface area (Å²) in [6, 6.07) is 8.45. The van der Waals surface area contributed by atoms with E-state index in [9.17, 15) is 0 Å². The molecular formula is C15H19N5. The van der Waals surface area contributed by atoms with Crippen LogP contribution in [0.5, 0.6) is 0 Å². The number of anilines is 1. The zero-order valence-electron chi connectivity index (χ0n) is 11.5. The highest BCUT2D eigenvalue weighted by Crippen LogP contribution is 2.24. The van der Waals surface area contributed by atoms with Crippen molar-refractivity contribution in [1.29, 1.82) is 0 Å². The summed E-state index contributed by atoms with van der Waals surface area (Å²) in [7, 11) is 0. The Morgan fingerprint density at radius 2 is 2.25 bits per heavy atom. The number of pyridine rings is 2. The van der Waals surface area contributed by atoms with E-state index in [1.54, 1.807) is 6.20 Å². The lowest BCUT2D eigenvalue weighted by Gasteiger charge is -2.19. The van der Waals surface area contributed by atoms with Gasteiger partial charge in [0.2, 0.25) is 0 Å². The van der Waals surface area contributed by atoms with Crippen molar-refractivity contribution in [3.05, 3.63) is 54.0 Å². The summed E-state index contributed by atoms with van der Waals surface area (Å²) in [5, 5.41) is 3.40. The molecule has 20 heavy (non-hydrogen) atoms. The fraction of sp³-hybridized carbons (Fsp3) is 0.333. The van der Waals surface area contributed by atoms with Crippen LogP contribution in [-0.4, -0.2) is 23.1 Å². The van der Waals surface area contributed by atoms with Crippen molar-refractivity contribution in [2.45, 2.75) is 13.0 Å². The Kier molecular flexibility index (Phi) is 3.90. The highest BCUT2D eigenvalue weighted by atomic mass is 15.4. The first-order valence-electron chi connectivity index (χ1n) is 6.88. The zero-order chi connectivity index (χ0) is 13.8. The van der Waals surface area contributed by atoms with Crippen LogP contribution in [-0.2, 0) is 0 Å². The van der Waals surface area contributed by atoms with E-state index in [0.29, 0.717) is 5.92 Å². The van der Waals surface area contributed by atoms with Crippen molar-refractivity contribution < 1.29 is 0 Å². The molecule has 3 N–H and O–H groups in total. The molecule has 2 aromatic rings. The lowest BCUT2D eigenvalue weighted by atomic mass is 9.96. The maximum atomic E-state index is 4.37. The molecule has 0 spiro atoms. The predicted molar refractivity (Wildman–Crippen MR) is 79.1 cm³/mol. The molecule has 0 saturated carbocycles. The lowest BCUT2D eigenvalue weighted by Crippen LogP contribution is -2.26. The van der Waals surface area contributed by atoms with Crippen molar-refractivity contribution in [3.8, 4) is 0 Å². The minimum Gasteiger partial charge on any atom is -0.370 e. The summed E-state index contributed by atoms with van der Waals surface area (Å²) < 4.78 is 0. The Hall–Kier alpha value is -1.98. The van der Waals surface area contributed by atoms with Gasteiger partial charge in [0.1, 0.15) is 5.82 Å². The smallest absolute Gasteiger partial charge is 0.125 e. The molecule has 1 aliphatic heterocycles. The average Bonchev–Trinajstić information content (AvgIpc) is 2.96. The van der Waals surface area contributed by atoms with Crippen LogP contribution in [0.25, 0.3) is 0 Å².